The molecule has 0 atom stereocenters. The van der Waals surface area contributed by atoms with E-state index in [-0.39, 0.29) is 5.91 Å². The van der Waals surface area contributed by atoms with Gasteiger partial charge in [-0.1, -0.05) is 19.1 Å². The highest BCUT2D eigenvalue weighted by Crippen LogP contribution is 2.32. The van der Waals surface area contributed by atoms with Gasteiger partial charge < -0.3 is 19.7 Å². The maximum atomic E-state index is 12.7. The molecule has 0 bridgehead atoms. The van der Waals surface area contributed by atoms with E-state index in [9.17, 15) is 4.79 Å². The lowest BCUT2D eigenvalue weighted by molar-refractivity contribution is -0.169. The molecule has 1 aromatic heterocycles. The first-order valence-corrected chi connectivity index (χ1v) is 9.86. The van der Waals surface area contributed by atoms with E-state index in [0.717, 1.165) is 43.7 Å². The minimum atomic E-state index is -0.439. The Morgan fingerprint density at radius 3 is 2.46 bits per heavy atom. The second-order valence-corrected chi connectivity index (χ2v) is 7.29. The van der Waals surface area contributed by atoms with Crippen molar-refractivity contribution in [3.8, 4) is 0 Å². The molecule has 2 saturated heterocycles. The highest BCUT2D eigenvalue weighted by Gasteiger charge is 2.40. The summed E-state index contributed by atoms with van der Waals surface area (Å²) in [4.78, 5) is 23.9. The number of carbonyl (C=O) groups is 1. The van der Waals surface area contributed by atoms with Crippen LogP contribution in [0.1, 0.15) is 41.5 Å². The Morgan fingerprint density at radius 2 is 1.82 bits per heavy atom. The number of anilines is 2. The number of benzene rings is 1. The fourth-order valence-corrected chi connectivity index (χ4v) is 3.66. The van der Waals surface area contributed by atoms with Crippen molar-refractivity contribution in [3.63, 3.8) is 0 Å². The Bertz CT molecular complexity index is 837. The number of hydrogen-bond acceptors (Lipinski definition) is 6. The van der Waals surface area contributed by atoms with Crippen molar-refractivity contribution < 1.29 is 14.3 Å². The summed E-state index contributed by atoms with van der Waals surface area (Å²) in [6.07, 6.45) is 2.51. The van der Waals surface area contributed by atoms with Gasteiger partial charge in [-0.25, -0.2) is 9.97 Å². The van der Waals surface area contributed by atoms with Gasteiger partial charge in [-0.3, -0.25) is 4.79 Å². The van der Waals surface area contributed by atoms with Crippen LogP contribution >= 0.6 is 0 Å². The molecule has 1 N–H and O–H groups in total. The van der Waals surface area contributed by atoms with E-state index in [2.05, 4.69) is 27.1 Å². The second kappa shape index (κ2) is 7.85. The van der Waals surface area contributed by atoms with Crippen molar-refractivity contribution in [2.75, 3.05) is 36.5 Å². The summed E-state index contributed by atoms with van der Waals surface area (Å²) in [6, 6.07) is 9.58. The zero-order chi connectivity index (χ0) is 19.6. The first-order valence-electron chi connectivity index (χ1n) is 9.86. The fraction of sp³-hybridized carbons (Fsp3) is 0.476. The van der Waals surface area contributed by atoms with Gasteiger partial charge in [-0.15, -0.1) is 0 Å². The number of aryl methyl sites for hydroxylation is 2. The third kappa shape index (κ3) is 4.00. The molecule has 0 unspecified atom stereocenters. The molecule has 148 valence electrons. The van der Waals surface area contributed by atoms with Gasteiger partial charge >= 0.3 is 0 Å². The number of hydrogen-bond donors (Lipinski definition) is 1. The molecule has 1 aromatic carbocycles. The van der Waals surface area contributed by atoms with E-state index < -0.39 is 5.79 Å². The smallest absolute Gasteiger partial charge is 0.274 e. The van der Waals surface area contributed by atoms with Crippen LogP contribution in [0.4, 0.5) is 11.6 Å². The molecular weight excluding hydrogens is 356 g/mol. The third-order valence-electron chi connectivity index (χ3n) is 5.32. The quantitative estimate of drug-likeness (QED) is 0.876. The molecule has 3 heterocycles. The van der Waals surface area contributed by atoms with Crippen LogP contribution < -0.4 is 10.2 Å². The van der Waals surface area contributed by atoms with E-state index in [1.165, 1.54) is 5.56 Å². The Labute approximate surface area is 165 Å². The van der Waals surface area contributed by atoms with Crippen LogP contribution in [-0.2, 0) is 15.9 Å². The fourth-order valence-electron chi connectivity index (χ4n) is 3.66. The predicted octanol–water partition coefficient (Wildman–Crippen LogP) is 2.94. The standard InChI is InChI=1S/C21H26N4O3/c1-3-16-4-6-17(7-5-16)23-19(26)18-14-15(2)22-20(24-18)25-10-8-21(9-11-25)27-12-13-28-21/h4-7,14H,3,8-13H2,1-2H3,(H,23,26). The molecule has 2 aliphatic heterocycles. The van der Waals surface area contributed by atoms with Crippen molar-refractivity contribution in [1.29, 1.82) is 0 Å². The minimum Gasteiger partial charge on any atom is -0.347 e. The van der Waals surface area contributed by atoms with Crippen LogP contribution in [0.25, 0.3) is 0 Å². The zero-order valence-corrected chi connectivity index (χ0v) is 16.4. The molecule has 2 fully saturated rings. The van der Waals surface area contributed by atoms with E-state index in [0.29, 0.717) is 24.9 Å². The van der Waals surface area contributed by atoms with Gasteiger partial charge in [0.2, 0.25) is 5.95 Å². The highest BCUT2D eigenvalue weighted by atomic mass is 16.7. The maximum absolute atomic E-state index is 12.7. The average molecular weight is 382 g/mol. The average Bonchev–Trinajstić information content (AvgIpc) is 3.16. The zero-order valence-electron chi connectivity index (χ0n) is 16.4. The van der Waals surface area contributed by atoms with E-state index in [1.807, 2.05) is 31.2 Å². The Kier molecular flexibility index (Phi) is 5.28. The van der Waals surface area contributed by atoms with Gasteiger partial charge in [0.15, 0.2) is 5.79 Å². The molecule has 28 heavy (non-hydrogen) atoms. The molecule has 7 nitrogen and oxygen atoms in total. The number of nitrogens with zero attached hydrogens (tertiary/aromatic N) is 3. The molecule has 0 saturated carbocycles. The number of amides is 1. The van der Waals surface area contributed by atoms with E-state index in [4.69, 9.17) is 9.47 Å². The van der Waals surface area contributed by atoms with Crippen molar-refractivity contribution in [2.45, 2.75) is 38.9 Å². The lowest BCUT2D eigenvalue weighted by atomic mass is 10.0. The second-order valence-electron chi connectivity index (χ2n) is 7.29. The topological polar surface area (TPSA) is 76.6 Å². The Morgan fingerprint density at radius 1 is 1.14 bits per heavy atom. The van der Waals surface area contributed by atoms with Crippen LogP contribution in [0.2, 0.25) is 0 Å². The van der Waals surface area contributed by atoms with Gasteiger partial charge in [0.05, 0.1) is 13.2 Å². The number of carbonyl (C=O) groups excluding carboxylic acids is 1. The third-order valence-corrected chi connectivity index (χ3v) is 5.32. The molecular formula is C21H26N4O3. The molecule has 0 aliphatic carbocycles. The number of rotatable bonds is 4. The molecule has 7 heteroatoms. The van der Waals surface area contributed by atoms with Crippen LogP contribution in [0.5, 0.6) is 0 Å². The number of ether oxygens (including phenoxy) is 2. The van der Waals surface area contributed by atoms with Crippen molar-refractivity contribution >= 4 is 17.5 Å². The maximum Gasteiger partial charge on any atom is 0.274 e. The first kappa shape index (κ1) is 18.8. The summed E-state index contributed by atoms with van der Waals surface area (Å²) < 4.78 is 11.6. The summed E-state index contributed by atoms with van der Waals surface area (Å²) in [7, 11) is 0. The Balaban J connectivity index is 1.46. The van der Waals surface area contributed by atoms with Crippen LogP contribution in [0.3, 0.4) is 0 Å². The first-order chi connectivity index (χ1) is 13.6. The van der Waals surface area contributed by atoms with Crippen LogP contribution in [0, 0.1) is 6.92 Å². The van der Waals surface area contributed by atoms with Crippen LogP contribution in [-0.4, -0.2) is 48.0 Å². The van der Waals surface area contributed by atoms with Gasteiger partial charge in [0.1, 0.15) is 5.69 Å². The number of aromatic nitrogens is 2. The van der Waals surface area contributed by atoms with Crippen molar-refractivity contribution in [1.82, 2.24) is 9.97 Å². The molecule has 4 rings (SSSR count). The Hall–Kier alpha value is -2.51. The predicted molar refractivity (Wildman–Crippen MR) is 107 cm³/mol. The van der Waals surface area contributed by atoms with Crippen LogP contribution in [0.15, 0.2) is 30.3 Å². The largest absolute Gasteiger partial charge is 0.347 e. The lowest BCUT2D eigenvalue weighted by Crippen LogP contribution is -2.45. The van der Waals surface area contributed by atoms with E-state index in [1.54, 1.807) is 6.07 Å². The summed E-state index contributed by atoms with van der Waals surface area (Å²) >= 11 is 0. The summed E-state index contributed by atoms with van der Waals surface area (Å²) in [5.41, 5.74) is 3.13. The summed E-state index contributed by atoms with van der Waals surface area (Å²) in [5, 5.41) is 2.92. The molecule has 2 aromatic rings. The lowest BCUT2D eigenvalue weighted by Gasteiger charge is -2.37. The number of piperidine rings is 1. The number of nitrogens with one attached hydrogen (secondary N) is 1. The van der Waals surface area contributed by atoms with Gasteiger partial charge in [-0.2, -0.15) is 0 Å². The SMILES string of the molecule is CCc1ccc(NC(=O)c2cc(C)nc(N3CCC4(CC3)OCCO4)n2)cc1. The summed E-state index contributed by atoms with van der Waals surface area (Å²) in [5.74, 6) is -0.0863. The molecule has 1 spiro atoms. The van der Waals surface area contributed by atoms with Crippen molar-refractivity contribution in [3.05, 3.63) is 47.3 Å². The van der Waals surface area contributed by atoms with Gasteiger partial charge in [0.25, 0.3) is 5.91 Å². The highest BCUT2D eigenvalue weighted by molar-refractivity contribution is 6.03. The van der Waals surface area contributed by atoms with E-state index >= 15 is 0 Å². The minimum absolute atomic E-state index is 0.230. The monoisotopic (exact) mass is 382 g/mol. The normalized spacial score (nSPS) is 18.4. The van der Waals surface area contributed by atoms with Gasteiger partial charge in [-0.05, 0) is 37.1 Å². The summed E-state index contributed by atoms with van der Waals surface area (Å²) in [6.45, 7) is 6.78. The van der Waals surface area contributed by atoms with Gasteiger partial charge in [0, 0.05) is 37.3 Å². The van der Waals surface area contributed by atoms with Crippen molar-refractivity contribution in [2.24, 2.45) is 0 Å². The molecule has 0 radical (unpaired) electrons. The molecule has 2 aliphatic rings. The molecule has 1 amide bonds.